The summed E-state index contributed by atoms with van der Waals surface area (Å²) >= 11 is 0. The second-order valence-electron chi connectivity index (χ2n) is 1.67. The van der Waals surface area contributed by atoms with Crippen LogP contribution in [0.1, 0.15) is 13.3 Å². The van der Waals surface area contributed by atoms with Gasteiger partial charge in [-0.25, -0.2) is 0 Å². The summed E-state index contributed by atoms with van der Waals surface area (Å²) in [5, 5.41) is 2.98. The average molecular weight is 126 g/mol. The summed E-state index contributed by atoms with van der Waals surface area (Å²) in [6, 6.07) is 0. The maximum atomic E-state index is 4.04. The van der Waals surface area contributed by atoms with E-state index in [0.29, 0.717) is 0 Å². The first-order valence-corrected chi connectivity index (χ1v) is 3.24. The lowest BCUT2D eigenvalue weighted by Gasteiger charge is -1.89. The van der Waals surface area contributed by atoms with Crippen LogP contribution in [0.4, 0.5) is 0 Å². The molecule has 0 fully saturated rings. The predicted octanol–water partition coefficient (Wildman–Crippen LogP) is 1.20. The maximum absolute atomic E-state index is 4.04. The van der Waals surface area contributed by atoms with Crippen molar-refractivity contribution >= 4 is 6.34 Å². The number of nitrogens with zero attached hydrogens (tertiary/aromatic N) is 1. The highest BCUT2D eigenvalue weighted by Crippen LogP contribution is 1.77. The third-order valence-electron chi connectivity index (χ3n) is 0.849. The topological polar surface area (TPSA) is 24.4 Å². The molecule has 0 heterocycles. The van der Waals surface area contributed by atoms with Gasteiger partial charge < -0.3 is 5.32 Å². The van der Waals surface area contributed by atoms with Gasteiger partial charge in [-0.1, -0.05) is 6.08 Å². The standard InChI is InChI=1S/C7H14N2/c1-3-5-6-9-7-8-4-2/h3,7H,1,4-6H2,2H3,(H,8,9). The van der Waals surface area contributed by atoms with Crippen LogP contribution in [0.2, 0.25) is 0 Å². The Bertz CT molecular complexity index is 86.9. The Labute approximate surface area is 56.7 Å². The molecule has 0 aromatic heterocycles. The van der Waals surface area contributed by atoms with E-state index in [4.69, 9.17) is 0 Å². The van der Waals surface area contributed by atoms with Crippen molar-refractivity contribution in [3.05, 3.63) is 12.7 Å². The Morgan fingerprint density at radius 2 is 2.44 bits per heavy atom. The van der Waals surface area contributed by atoms with Crippen molar-refractivity contribution in [3.63, 3.8) is 0 Å². The third-order valence-corrected chi connectivity index (χ3v) is 0.849. The first-order chi connectivity index (χ1) is 4.41. The first-order valence-electron chi connectivity index (χ1n) is 3.24. The highest BCUT2D eigenvalue weighted by atomic mass is 14.9. The van der Waals surface area contributed by atoms with Crippen LogP contribution in [0, 0.1) is 0 Å². The fourth-order valence-electron chi connectivity index (χ4n) is 0.386. The maximum Gasteiger partial charge on any atom is 0.0823 e. The molecule has 0 aliphatic heterocycles. The van der Waals surface area contributed by atoms with Crippen molar-refractivity contribution in [1.82, 2.24) is 5.32 Å². The van der Waals surface area contributed by atoms with Crippen LogP contribution in [0.15, 0.2) is 17.6 Å². The molecular formula is C7H14N2. The molecule has 0 aliphatic carbocycles. The second kappa shape index (κ2) is 7.21. The summed E-state index contributed by atoms with van der Waals surface area (Å²) in [5.74, 6) is 0. The van der Waals surface area contributed by atoms with Crippen LogP contribution < -0.4 is 5.32 Å². The van der Waals surface area contributed by atoms with E-state index in [0.717, 1.165) is 19.5 Å². The molecule has 0 aromatic carbocycles. The van der Waals surface area contributed by atoms with E-state index >= 15 is 0 Å². The summed E-state index contributed by atoms with van der Waals surface area (Å²) in [4.78, 5) is 4.04. The molecule has 1 N–H and O–H groups in total. The highest BCUT2D eigenvalue weighted by Gasteiger charge is 1.72. The molecule has 2 heteroatoms. The molecule has 0 amide bonds. The summed E-state index contributed by atoms with van der Waals surface area (Å²) in [7, 11) is 0. The van der Waals surface area contributed by atoms with E-state index in [-0.39, 0.29) is 0 Å². The van der Waals surface area contributed by atoms with Crippen LogP contribution in [-0.2, 0) is 0 Å². The lowest BCUT2D eigenvalue weighted by molar-refractivity contribution is 0.951. The van der Waals surface area contributed by atoms with Crippen LogP contribution in [0.5, 0.6) is 0 Å². The smallest absolute Gasteiger partial charge is 0.0823 e. The lowest BCUT2D eigenvalue weighted by Crippen LogP contribution is -2.08. The molecule has 9 heavy (non-hydrogen) atoms. The monoisotopic (exact) mass is 126 g/mol. The number of hydrogen-bond acceptors (Lipinski definition) is 1. The van der Waals surface area contributed by atoms with Gasteiger partial charge in [0.05, 0.1) is 6.34 Å². The minimum Gasteiger partial charge on any atom is -0.377 e. The van der Waals surface area contributed by atoms with Crippen molar-refractivity contribution in [2.75, 3.05) is 13.1 Å². The fourth-order valence-corrected chi connectivity index (χ4v) is 0.386. The van der Waals surface area contributed by atoms with E-state index in [9.17, 15) is 0 Å². The summed E-state index contributed by atoms with van der Waals surface area (Å²) in [5.41, 5.74) is 0. The molecule has 52 valence electrons. The Hall–Kier alpha value is -0.790. The van der Waals surface area contributed by atoms with Gasteiger partial charge in [-0.3, -0.25) is 4.99 Å². The highest BCUT2D eigenvalue weighted by molar-refractivity contribution is 5.53. The van der Waals surface area contributed by atoms with Gasteiger partial charge in [0.2, 0.25) is 0 Å². The molecule has 2 nitrogen and oxygen atoms in total. The van der Waals surface area contributed by atoms with E-state index in [2.05, 4.69) is 16.9 Å². The molecule has 0 saturated carbocycles. The zero-order chi connectivity index (χ0) is 6.95. The SMILES string of the molecule is C=CCC/N=C/NCC. The van der Waals surface area contributed by atoms with Crippen LogP contribution in [0.3, 0.4) is 0 Å². The van der Waals surface area contributed by atoms with E-state index in [1.54, 1.807) is 6.34 Å². The third kappa shape index (κ3) is 7.21. The molecule has 0 aromatic rings. The quantitative estimate of drug-likeness (QED) is 0.254. The van der Waals surface area contributed by atoms with Gasteiger partial charge in [-0.05, 0) is 13.3 Å². The van der Waals surface area contributed by atoms with Gasteiger partial charge in [0.1, 0.15) is 0 Å². The number of hydrogen-bond donors (Lipinski definition) is 1. The van der Waals surface area contributed by atoms with Crippen LogP contribution in [-0.4, -0.2) is 19.4 Å². The summed E-state index contributed by atoms with van der Waals surface area (Å²) < 4.78 is 0. The van der Waals surface area contributed by atoms with Crippen LogP contribution >= 0.6 is 0 Å². The molecule has 0 radical (unpaired) electrons. The molecule has 0 bridgehead atoms. The largest absolute Gasteiger partial charge is 0.377 e. The van der Waals surface area contributed by atoms with Crippen molar-refractivity contribution in [2.45, 2.75) is 13.3 Å². The van der Waals surface area contributed by atoms with Gasteiger partial charge >= 0.3 is 0 Å². The molecule has 0 atom stereocenters. The second-order valence-corrected chi connectivity index (χ2v) is 1.67. The van der Waals surface area contributed by atoms with E-state index in [1.807, 2.05) is 13.0 Å². The molecule has 0 unspecified atom stereocenters. The number of nitrogens with one attached hydrogen (secondary N) is 1. The minimum atomic E-state index is 0.844. The van der Waals surface area contributed by atoms with Gasteiger partial charge in [0.15, 0.2) is 0 Å². The summed E-state index contributed by atoms with van der Waals surface area (Å²) in [6.07, 6.45) is 4.56. The number of rotatable bonds is 5. The molecule has 0 aliphatic rings. The Morgan fingerprint density at radius 3 is 3.00 bits per heavy atom. The van der Waals surface area contributed by atoms with Gasteiger partial charge in [-0.15, -0.1) is 6.58 Å². The fraction of sp³-hybridized carbons (Fsp3) is 0.571. The van der Waals surface area contributed by atoms with Crippen LogP contribution in [0.25, 0.3) is 0 Å². The predicted molar refractivity (Wildman–Crippen MR) is 41.8 cm³/mol. The number of aliphatic imine (C=N–C) groups is 1. The van der Waals surface area contributed by atoms with Crippen molar-refractivity contribution < 1.29 is 0 Å². The van der Waals surface area contributed by atoms with Gasteiger partial charge in [0.25, 0.3) is 0 Å². The van der Waals surface area contributed by atoms with Crippen molar-refractivity contribution in [2.24, 2.45) is 4.99 Å². The Balaban J connectivity index is 2.94. The normalized spacial score (nSPS) is 9.89. The van der Waals surface area contributed by atoms with Gasteiger partial charge in [-0.2, -0.15) is 0 Å². The Kier molecular flexibility index (Phi) is 6.58. The first kappa shape index (κ1) is 8.21. The molecular weight excluding hydrogens is 112 g/mol. The van der Waals surface area contributed by atoms with Gasteiger partial charge in [0, 0.05) is 13.1 Å². The van der Waals surface area contributed by atoms with E-state index in [1.165, 1.54) is 0 Å². The van der Waals surface area contributed by atoms with E-state index < -0.39 is 0 Å². The molecule has 0 spiro atoms. The zero-order valence-electron chi connectivity index (χ0n) is 5.93. The molecule has 0 saturated heterocycles. The Morgan fingerprint density at radius 1 is 1.67 bits per heavy atom. The van der Waals surface area contributed by atoms with Crippen molar-refractivity contribution in [3.8, 4) is 0 Å². The summed E-state index contributed by atoms with van der Waals surface area (Å²) in [6.45, 7) is 7.41. The minimum absolute atomic E-state index is 0.844. The zero-order valence-corrected chi connectivity index (χ0v) is 5.93. The molecule has 0 rings (SSSR count). The lowest BCUT2D eigenvalue weighted by atomic mass is 10.4. The average Bonchev–Trinajstić information content (AvgIpc) is 1.89. The van der Waals surface area contributed by atoms with Crippen molar-refractivity contribution in [1.29, 1.82) is 0 Å².